The summed E-state index contributed by atoms with van der Waals surface area (Å²) in [6.07, 6.45) is 0. The summed E-state index contributed by atoms with van der Waals surface area (Å²) in [5.41, 5.74) is 1.81. The van der Waals surface area contributed by atoms with Crippen molar-refractivity contribution in [3.63, 3.8) is 0 Å². The van der Waals surface area contributed by atoms with Gasteiger partial charge in [-0.05, 0) is 19.1 Å². The monoisotopic (exact) mass is 291 g/mol. The van der Waals surface area contributed by atoms with Crippen molar-refractivity contribution in [2.45, 2.75) is 6.92 Å². The Balaban J connectivity index is 2.04. The van der Waals surface area contributed by atoms with Crippen molar-refractivity contribution >= 4 is 17.6 Å². The number of hydrogen-bond donors (Lipinski definition) is 2. The van der Waals surface area contributed by atoms with Gasteiger partial charge in [-0.25, -0.2) is 4.79 Å². The SMILES string of the molecule is COC(=O)c1cc(C)ccc1NC(=O)CN1CCNCC1. The number of carbonyl (C=O) groups excluding carboxylic acids is 2. The van der Waals surface area contributed by atoms with Gasteiger partial charge in [-0.15, -0.1) is 0 Å². The van der Waals surface area contributed by atoms with Crippen molar-refractivity contribution in [1.82, 2.24) is 10.2 Å². The highest BCUT2D eigenvalue weighted by Crippen LogP contribution is 2.18. The van der Waals surface area contributed by atoms with Gasteiger partial charge in [0, 0.05) is 26.2 Å². The molecule has 2 N–H and O–H groups in total. The molecule has 0 aliphatic carbocycles. The topological polar surface area (TPSA) is 70.7 Å². The fourth-order valence-electron chi connectivity index (χ4n) is 2.31. The lowest BCUT2D eigenvalue weighted by molar-refractivity contribution is -0.117. The molecule has 6 nitrogen and oxygen atoms in total. The summed E-state index contributed by atoms with van der Waals surface area (Å²) in [5.74, 6) is -0.568. The van der Waals surface area contributed by atoms with Crippen LogP contribution in [0.3, 0.4) is 0 Å². The Morgan fingerprint density at radius 3 is 2.71 bits per heavy atom. The van der Waals surface area contributed by atoms with Crippen LogP contribution in [0, 0.1) is 6.92 Å². The molecule has 1 aromatic rings. The van der Waals surface area contributed by atoms with E-state index >= 15 is 0 Å². The van der Waals surface area contributed by atoms with Gasteiger partial charge in [-0.1, -0.05) is 11.6 Å². The number of carbonyl (C=O) groups is 2. The fourth-order valence-corrected chi connectivity index (χ4v) is 2.31. The number of nitrogens with one attached hydrogen (secondary N) is 2. The number of aryl methyl sites for hydroxylation is 1. The highest BCUT2D eigenvalue weighted by Gasteiger charge is 2.17. The first-order valence-electron chi connectivity index (χ1n) is 7.02. The van der Waals surface area contributed by atoms with Gasteiger partial charge in [0.05, 0.1) is 24.9 Å². The molecule has 114 valence electrons. The van der Waals surface area contributed by atoms with Gasteiger partial charge in [0.1, 0.15) is 0 Å². The second-order valence-electron chi connectivity index (χ2n) is 5.11. The number of amides is 1. The maximum Gasteiger partial charge on any atom is 0.339 e. The zero-order valence-electron chi connectivity index (χ0n) is 12.4. The first kappa shape index (κ1) is 15.5. The largest absolute Gasteiger partial charge is 0.465 e. The Morgan fingerprint density at radius 2 is 2.05 bits per heavy atom. The third-order valence-electron chi connectivity index (χ3n) is 3.43. The smallest absolute Gasteiger partial charge is 0.339 e. The minimum atomic E-state index is -0.448. The number of rotatable bonds is 4. The molecule has 1 aliphatic rings. The van der Waals surface area contributed by atoms with E-state index in [1.165, 1.54) is 7.11 Å². The zero-order valence-corrected chi connectivity index (χ0v) is 12.4. The van der Waals surface area contributed by atoms with Crippen molar-refractivity contribution in [2.75, 3.05) is 45.2 Å². The predicted octanol–water partition coefficient (Wildman–Crippen LogP) is 0.625. The van der Waals surface area contributed by atoms with Gasteiger partial charge >= 0.3 is 5.97 Å². The number of piperazine rings is 1. The normalized spacial score (nSPS) is 15.5. The lowest BCUT2D eigenvalue weighted by Crippen LogP contribution is -2.46. The quantitative estimate of drug-likeness (QED) is 0.796. The molecule has 0 unspecified atom stereocenters. The maximum absolute atomic E-state index is 12.1. The Morgan fingerprint density at radius 1 is 1.33 bits per heavy atom. The number of methoxy groups -OCH3 is 1. The van der Waals surface area contributed by atoms with Crippen LogP contribution in [0.25, 0.3) is 0 Å². The Labute approximate surface area is 124 Å². The predicted molar refractivity (Wildman–Crippen MR) is 80.5 cm³/mol. The first-order chi connectivity index (χ1) is 10.1. The summed E-state index contributed by atoms with van der Waals surface area (Å²) >= 11 is 0. The van der Waals surface area contributed by atoms with E-state index in [1.807, 2.05) is 13.0 Å². The van der Waals surface area contributed by atoms with Crippen LogP contribution in [-0.2, 0) is 9.53 Å². The van der Waals surface area contributed by atoms with Gasteiger partial charge in [-0.2, -0.15) is 0 Å². The van der Waals surface area contributed by atoms with Crippen LogP contribution in [0.1, 0.15) is 15.9 Å². The number of ether oxygens (including phenoxy) is 1. The van der Waals surface area contributed by atoms with Crippen LogP contribution < -0.4 is 10.6 Å². The molecular formula is C15H21N3O3. The zero-order chi connectivity index (χ0) is 15.2. The van der Waals surface area contributed by atoms with Crippen molar-refractivity contribution in [3.8, 4) is 0 Å². The number of nitrogens with zero attached hydrogens (tertiary/aromatic N) is 1. The van der Waals surface area contributed by atoms with E-state index in [9.17, 15) is 9.59 Å². The summed E-state index contributed by atoms with van der Waals surface area (Å²) in [6.45, 7) is 5.71. The number of benzene rings is 1. The van der Waals surface area contributed by atoms with E-state index in [0.717, 1.165) is 31.7 Å². The van der Waals surface area contributed by atoms with Crippen molar-refractivity contribution in [2.24, 2.45) is 0 Å². The van der Waals surface area contributed by atoms with Crippen molar-refractivity contribution in [1.29, 1.82) is 0 Å². The summed E-state index contributed by atoms with van der Waals surface area (Å²) in [5, 5.41) is 6.04. The van der Waals surface area contributed by atoms with Gasteiger partial charge in [-0.3, -0.25) is 9.69 Å². The first-order valence-corrected chi connectivity index (χ1v) is 7.02. The molecule has 0 radical (unpaired) electrons. The van der Waals surface area contributed by atoms with Crippen molar-refractivity contribution < 1.29 is 14.3 Å². The van der Waals surface area contributed by atoms with E-state index in [2.05, 4.69) is 15.5 Å². The summed E-state index contributed by atoms with van der Waals surface area (Å²) in [6, 6.07) is 5.30. The summed E-state index contributed by atoms with van der Waals surface area (Å²) in [7, 11) is 1.33. The van der Waals surface area contributed by atoms with Gasteiger partial charge in [0.2, 0.25) is 5.91 Å². The lowest BCUT2D eigenvalue weighted by atomic mass is 10.1. The standard InChI is InChI=1S/C15H21N3O3/c1-11-3-4-13(12(9-11)15(20)21-2)17-14(19)10-18-7-5-16-6-8-18/h3-4,9,16H,5-8,10H2,1-2H3,(H,17,19). The minimum absolute atomic E-state index is 0.120. The minimum Gasteiger partial charge on any atom is -0.465 e. The number of esters is 1. The molecule has 21 heavy (non-hydrogen) atoms. The highest BCUT2D eigenvalue weighted by atomic mass is 16.5. The molecular weight excluding hydrogens is 270 g/mol. The Bertz CT molecular complexity index is 525. The molecule has 0 atom stereocenters. The van der Waals surface area contributed by atoms with E-state index in [-0.39, 0.29) is 5.91 Å². The molecule has 0 bridgehead atoms. The van der Waals surface area contributed by atoms with E-state index in [0.29, 0.717) is 17.8 Å². The summed E-state index contributed by atoms with van der Waals surface area (Å²) in [4.78, 5) is 26.0. The van der Waals surface area contributed by atoms with Crippen LogP contribution >= 0.6 is 0 Å². The molecule has 1 heterocycles. The van der Waals surface area contributed by atoms with Crippen LogP contribution in [0.4, 0.5) is 5.69 Å². The lowest BCUT2D eigenvalue weighted by Gasteiger charge is -2.26. The molecule has 0 saturated carbocycles. The average molecular weight is 291 g/mol. The van der Waals surface area contributed by atoms with E-state index in [4.69, 9.17) is 4.74 Å². The van der Waals surface area contributed by atoms with Crippen LogP contribution in [0.15, 0.2) is 18.2 Å². The molecule has 2 rings (SSSR count). The summed E-state index contributed by atoms with van der Waals surface area (Å²) < 4.78 is 4.75. The van der Waals surface area contributed by atoms with Gasteiger partial charge < -0.3 is 15.4 Å². The van der Waals surface area contributed by atoms with Crippen molar-refractivity contribution in [3.05, 3.63) is 29.3 Å². The highest BCUT2D eigenvalue weighted by molar-refractivity contribution is 6.01. The second-order valence-corrected chi connectivity index (χ2v) is 5.11. The average Bonchev–Trinajstić information content (AvgIpc) is 2.49. The second kappa shape index (κ2) is 7.19. The molecule has 0 aromatic heterocycles. The number of anilines is 1. The molecule has 0 spiro atoms. The Hall–Kier alpha value is -1.92. The molecule has 1 amide bonds. The third-order valence-corrected chi connectivity index (χ3v) is 3.43. The number of hydrogen-bond acceptors (Lipinski definition) is 5. The van der Waals surface area contributed by atoms with Crippen LogP contribution in [0.2, 0.25) is 0 Å². The molecule has 1 aliphatic heterocycles. The third kappa shape index (κ3) is 4.27. The maximum atomic E-state index is 12.1. The molecule has 1 saturated heterocycles. The van der Waals surface area contributed by atoms with Crippen LogP contribution in [0.5, 0.6) is 0 Å². The molecule has 1 aromatic carbocycles. The molecule has 1 fully saturated rings. The molecule has 6 heteroatoms. The van der Waals surface area contributed by atoms with Crippen LogP contribution in [-0.4, -0.2) is 56.6 Å². The Kier molecular flexibility index (Phi) is 5.30. The van der Waals surface area contributed by atoms with E-state index in [1.54, 1.807) is 12.1 Å². The fraction of sp³-hybridized carbons (Fsp3) is 0.467. The van der Waals surface area contributed by atoms with Gasteiger partial charge in [0.25, 0.3) is 0 Å². The van der Waals surface area contributed by atoms with E-state index < -0.39 is 5.97 Å². The van der Waals surface area contributed by atoms with Gasteiger partial charge in [0.15, 0.2) is 0 Å².